The highest BCUT2D eigenvalue weighted by Gasteiger charge is 2.20. The van der Waals surface area contributed by atoms with Crippen LogP contribution in [-0.2, 0) is 9.53 Å². The van der Waals surface area contributed by atoms with E-state index in [0.29, 0.717) is 11.5 Å². The van der Waals surface area contributed by atoms with Crippen LogP contribution in [0.3, 0.4) is 0 Å². The van der Waals surface area contributed by atoms with Gasteiger partial charge in [-0.15, -0.1) is 0 Å². The number of esters is 1. The minimum Gasteiger partial charge on any atom is -0.452 e. The summed E-state index contributed by atoms with van der Waals surface area (Å²) in [5, 5.41) is 5.96. The van der Waals surface area contributed by atoms with Crippen molar-refractivity contribution in [2.24, 2.45) is 0 Å². The first kappa shape index (κ1) is 15.7. The van der Waals surface area contributed by atoms with Crippen LogP contribution < -0.4 is 5.32 Å². The number of aromatic nitrogens is 1. The number of nitrogens with one attached hydrogen (secondary N) is 1. The molecule has 0 saturated carbocycles. The molecule has 0 aliphatic heterocycles. The highest BCUT2D eigenvalue weighted by Crippen LogP contribution is 2.16. The van der Waals surface area contributed by atoms with Crippen molar-refractivity contribution in [2.45, 2.75) is 20.8 Å². The van der Waals surface area contributed by atoms with Crippen LogP contribution >= 0.6 is 0 Å². The largest absolute Gasteiger partial charge is 0.452 e. The zero-order valence-electron chi connectivity index (χ0n) is 12.4. The molecule has 0 aliphatic rings. The Bertz CT molecular complexity index is 705. The molecule has 2 rings (SSSR count). The molecule has 0 radical (unpaired) electrons. The second kappa shape index (κ2) is 6.38. The van der Waals surface area contributed by atoms with Crippen LogP contribution in [0, 0.1) is 26.6 Å². The molecule has 0 spiro atoms. The molecule has 6 nitrogen and oxygen atoms in total. The first-order chi connectivity index (χ1) is 10.4. The molecule has 0 atom stereocenters. The molecule has 0 unspecified atom stereocenters. The van der Waals surface area contributed by atoms with Crippen molar-refractivity contribution < 1.29 is 23.2 Å². The summed E-state index contributed by atoms with van der Waals surface area (Å²) in [6.45, 7) is 4.36. The lowest BCUT2D eigenvalue weighted by atomic mass is 10.2. The van der Waals surface area contributed by atoms with Crippen molar-refractivity contribution in [1.29, 1.82) is 0 Å². The number of aryl methyl sites for hydroxylation is 3. The number of nitrogens with zero attached hydrogens (tertiary/aromatic N) is 1. The molecule has 0 aliphatic carbocycles. The van der Waals surface area contributed by atoms with Gasteiger partial charge in [-0.3, -0.25) is 4.79 Å². The van der Waals surface area contributed by atoms with Crippen LogP contribution in [-0.4, -0.2) is 23.6 Å². The Kier molecular flexibility index (Phi) is 4.55. The lowest BCUT2D eigenvalue weighted by Crippen LogP contribution is -2.21. The fourth-order valence-electron chi connectivity index (χ4n) is 1.89. The second-order valence-electron chi connectivity index (χ2n) is 4.81. The number of hydrogen-bond donors (Lipinski definition) is 1. The van der Waals surface area contributed by atoms with E-state index in [4.69, 9.17) is 9.26 Å². The number of halogens is 1. The number of carbonyl (C=O) groups is 2. The Balaban J connectivity index is 1.94. The van der Waals surface area contributed by atoms with Gasteiger partial charge in [-0.05, 0) is 38.5 Å². The number of rotatable bonds is 4. The Morgan fingerprint density at radius 3 is 2.64 bits per heavy atom. The predicted molar refractivity (Wildman–Crippen MR) is 76.0 cm³/mol. The summed E-state index contributed by atoms with van der Waals surface area (Å²) in [6, 6.07) is 4.40. The summed E-state index contributed by atoms with van der Waals surface area (Å²) in [4.78, 5) is 23.5. The highest BCUT2D eigenvalue weighted by atomic mass is 19.1. The van der Waals surface area contributed by atoms with E-state index in [9.17, 15) is 14.0 Å². The van der Waals surface area contributed by atoms with E-state index in [1.54, 1.807) is 26.8 Å². The van der Waals surface area contributed by atoms with Gasteiger partial charge in [0.05, 0.1) is 11.4 Å². The van der Waals surface area contributed by atoms with E-state index in [1.165, 1.54) is 12.1 Å². The zero-order chi connectivity index (χ0) is 16.3. The van der Waals surface area contributed by atoms with Gasteiger partial charge in [-0.25, -0.2) is 9.18 Å². The third kappa shape index (κ3) is 3.49. The van der Waals surface area contributed by atoms with E-state index < -0.39 is 24.3 Å². The van der Waals surface area contributed by atoms with Crippen molar-refractivity contribution >= 4 is 17.6 Å². The van der Waals surface area contributed by atoms with E-state index in [2.05, 4.69) is 10.5 Å². The summed E-state index contributed by atoms with van der Waals surface area (Å²) in [5.74, 6) is -1.59. The molecule has 0 bridgehead atoms. The normalized spacial score (nSPS) is 10.4. The van der Waals surface area contributed by atoms with Crippen molar-refractivity contribution in [3.05, 3.63) is 46.6 Å². The van der Waals surface area contributed by atoms with Gasteiger partial charge in [0.15, 0.2) is 6.61 Å². The third-order valence-electron chi connectivity index (χ3n) is 2.97. The average molecular weight is 306 g/mol. The fourth-order valence-corrected chi connectivity index (χ4v) is 1.89. The SMILES string of the molecule is Cc1ccc(NC(=O)COC(=O)c2c(C)noc2C)c(F)c1. The molecule has 0 saturated heterocycles. The summed E-state index contributed by atoms with van der Waals surface area (Å²) >= 11 is 0. The Hall–Kier alpha value is -2.70. The average Bonchev–Trinajstić information content (AvgIpc) is 2.79. The lowest BCUT2D eigenvalue weighted by molar-refractivity contribution is -0.119. The molecule has 22 heavy (non-hydrogen) atoms. The number of ether oxygens (including phenoxy) is 1. The van der Waals surface area contributed by atoms with Gasteiger partial charge in [0.1, 0.15) is 17.1 Å². The molecule has 1 N–H and O–H groups in total. The number of benzene rings is 1. The summed E-state index contributed by atoms with van der Waals surface area (Å²) < 4.78 is 23.3. The van der Waals surface area contributed by atoms with E-state index in [1.807, 2.05) is 0 Å². The number of hydrogen-bond acceptors (Lipinski definition) is 5. The predicted octanol–water partition coefficient (Wildman–Crippen LogP) is 2.53. The summed E-state index contributed by atoms with van der Waals surface area (Å²) in [6.07, 6.45) is 0. The molecule has 1 aromatic heterocycles. The highest BCUT2D eigenvalue weighted by molar-refractivity contribution is 5.96. The van der Waals surface area contributed by atoms with E-state index >= 15 is 0 Å². The lowest BCUT2D eigenvalue weighted by Gasteiger charge is -2.07. The van der Waals surface area contributed by atoms with Gasteiger partial charge >= 0.3 is 5.97 Å². The number of carbonyl (C=O) groups excluding carboxylic acids is 2. The van der Waals surface area contributed by atoms with Crippen LogP contribution in [0.1, 0.15) is 27.4 Å². The molecule has 1 aromatic carbocycles. The minimum absolute atomic E-state index is 0.0315. The fraction of sp³-hybridized carbons (Fsp3) is 0.267. The Morgan fingerprint density at radius 1 is 1.32 bits per heavy atom. The monoisotopic (exact) mass is 306 g/mol. The number of anilines is 1. The quantitative estimate of drug-likeness (QED) is 0.878. The Morgan fingerprint density at radius 2 is 2.05 bits per heavy atom. The van der Waals surface area contributed by atoms with Crippen LogP contribution in [0.5, 0.6) is 0 Å². The third-order valence-corrected chi connectivity index (χ3v) is 2.97. The smallest absolute Gasteiger partial charge is 0.344 e. The zero-order valence-corrected chi connectivity index (χ0v) is 12.4. The summed E-state index contributed by atoms with van der Waals surface area (Å²) in [7, 11) is 0. The maximum atomic E-state index is 13.6. The topological polar surface area (TPSA) is 81.4 Å². The molecule has 2 aromatic rings. The molecule has 116 valence electrons. The molecular weight excluding hydrogens is 291 g/mol. The van der Waals surface area contributed by atoms with Gasteiger partial charge in [0, 0.05) is 0 Å². The molecule has 7 heteroatoms. The van der Waals surface area contributed by atoms with Crippen LogP contribution in [0.4, 0.5) is 10.1 Å². The maximum absolute atomic E-state index is 13.6. The second-order valence-corrected chi connectivity index (χ2v) is 4.81. The molecular formula is C15H15FN2O4. The van der Waals surface area contributed by atoms with E-state index in [0.717, 1.165) is 5.56 Å². The van der Waals surface area contributed by atoms with Crippen LogP contribution in [0.15, 0.2) is 22.7 Å². The minimum atomic E-state index is -0.712. The van der Waals surface area contributed by atoms with Crippen molar-refractivity contribution in [3.8, 4) is 0 Å². The van der Waals surface area contributed by atoms with Crippen molar-refractivity contribution in [1.82, 2.24) is 5.16 Å². The van der Waals surface area contributed by atoms with E-state index in [-0.39, 0.29) is 11.3 Å². The van der Waals surface area contributed by atoms with Crippen LogP contribution in [0.2, 0.25) is 0 Å². The van der Waals surface area contributed by atoms with Crippen LogP contribution in [0.25, 0.3) is 0 Å². The molecule has 1 amide bonds. The molecule has 1 heterocycles. The first-order valence-corrected chi connectivity index (χ1v) is 6.54. The first-order valence-electron chi connectivity index (χ1n) is 6.54. The van der Waals surface area contributed by atoms with Gasteiger partial charge in [-0.1, -0.05) is 11.2 Å². The van der Waals surface area contributed by atoms with Gasteiger partial charge in [0.25, 0.3) is 5.91 Å². The van der Waals surface area contributed by atoms with Crippen molar-refractivity contribution in [3.63, 3.8) is 0 Å². The van der Waals surface area contributed by atoms with Gasteiger partial charge in [0.2, 0.25) is 0 Å². The maximum Gasteiger partial charge on any atom is 0.344 e. The standard InChI is InChI=1S/C15H15FN2O4/c1-8-4-5-12(11(16)6-8)17-13(19)7-21-15(20)14-9(2)18-22-10(14)3/h4-6H,7H2,1-3H3,(H,17,19). The van der Waals surface area contributed by atoms with Gasteiger partial charge < -0.3 is 14.6 Å². The molecule has 0 fully saturated rings. The Labute approximate surface area is 126 Å². The number of amides is 1. The van der Waals surface area contributed by atoms with Gasteiger partial charge in [-0.2, -0.15) is 0 Å². The summed E-state index contributed by atoms with van der Waals surface area (Å²) in [5.41, 5.74) is 1.34. The van der Waals surface area contributed by atoms with Crippen molar-refractivity contribution in [2.75, 3.05) is 11.9 Å².